The molecule has 110 valence electrons. The molecule has 0 saturated carbocycles. The van der Waals surface area contributed by atoms with Crippen molar-refractivity contribution in [3.63, 3.8) is 0 Å². The zero-order valence-electron chi connectivity index (χ0n) is 12.4. The van der Waals surface area contributed by atoms with Crippen LogP contribution in [0.4, 0.5) is 4.39 Å². The number of benzene rings is 1. The van der Waals surface area contributed by atoms with Gasteiger partial charge in [-0.3, -0.25) is 0 Å². The average Bonchev–Trinajstić information content (AvgIpc) is 2.95. The van der Waals surface area contributed by atoms with E-state index >= 15 is 0 Å². The minimum atomic E-state index is -0.422. The third-order valence-electron chi connectivity index (χ3n) is 3.65. The van der Waals surface area contributed by atoms with E-state index in [2.05, 4.69) is 18.3 Å². The van der Waals surface area contributed by atoms with Gasteiger partial charge in [0.1, 0.15) is 11.9 Å². The molecule has 4 heteroatoms. The van der Waals surface area contributed by atoms with Crippen LogP contribution in [0.3, 0.4) is 0 Å². The van der Waals surface area contributed by atoms with E-state index in [9.17, 15) is 4.39 Å². The molecule has 0 bridgehead atoms. The fourth-order valence-electron chi connectivity index (χ4n) is 2.52. The SMILES string of the molecule is CCCC(NC)c1ccn(Cc2cccc(C#N)c2F)c1. The maximum atomic E-state index is 14.1. The van der Waals surface area contributed by atoms with Gasteiger partial charge in [0.25, 0.3) is 0 Å². The summed E-state index contributed by atoms with van der Waals surface area (Å²) in [6, 6.07) is 9.20. The molecule has 1 heterocycles. The lowest BCUT2D eigenvalue weighted by Gasteiger charge is -2.13. The number of aromatic nitrogens is 1. The Morgan fingerprint density at radius 2 is 2.19 bits per heavy atom. The zero-order chi connectivity index (χ0) is 15.2. The predicted octanol–water partition coefficient (Wildman–Crippen LogP) is 3.61. The van der Waals surface area contributed by atoms with Crippen LogP contribution in [0.1, 0.15) is 42.5 Å². The first-order valence-corrected chi connectivity index (χ1v) is 7.20. The first kappa shape index (κ1) is 15.3. The number of nitrogens with zero attached hydrogens (tertiary/aromatic N) is 2. The fourth-order valence-corrected chi connectivity index (χ4v) is 2.52. The van der Waals surface area contributed by atoms with Crippen LogP contribution in [0.15, 0.2) is 36.7 Å². The average molecular weight is 285 g/mol. The molecule has 0 spiro atoms. The quantitative estimate of drug-likeness (QED) is 0.881. The van der Waals surface area contributed by atoms with Crippen molar-refractivity contribution < 1.29 is 4.39 Å². The first-order valence-electron chi connectivity index (χ1n) is 7.20. The van der Waals surface area contributed by atoms with E-state index in [4.69, 9.17) is 5.26 Å². The highest BCUT2D eigenvalue weighted by molar-refractivity contribution is 5.35. The molecule has 1 atom stereocenters. The maximum absolute atomic E-state index is 14.1. The van der Waals surface area contributed by atoms with Gasteiger partial charge >= 0.3 is 0 Å². The topological polar surface area (TPSA) is 40.8 Å². The van der Waals surface area contributed by atoms with Crippen LogP contribution in [-0.4, -0.2) is 11.6 Å². The van der Waals surface area contributed by atoms with E-state index in [-0.39, 0.29) is 5.56 Å². The van der Waals surface area contributed by atoms with Gasteiger partial charge in [-0.05, 0) is 31.2 Å². The van der Waals surface area contributed by atoms with Crippen molar-refractivity contribution >= 4 is 0 Å². The van der Waals surface area contributed by atoms with Gasteiger partial charge in [-0.1, -0.05) is 25.5 Å². The summed E-state index contributed by atoms with van der Waals surface area (Å²) in [5, 5.41) is 12.2. The first-order chi connectivity index (χ1) is 10.2. The molecule has 0 aliphatic heterocycles. The second kappa shape index (κ2) is 7.05. The Labute approximate surface area is 125 Å². The van der Waals surface area contributed by atoms with Gasteiger partial charge in [0.15, 0.2) is 0 Å². The van der Waals surface area contributed by atoms with Crippen molar-refractivity contribution in [1.82, 2.24) is 9.88 Å². The van der Waals surface area contributed by atoms with Gasteiger partial charge in [0.2, 0.25) is 0 Å². The molecular formula is C17H20FN3. The van der Waals surface area contributed by atoms with Crippen LogP contribution >= 0.6 is 0 Å². The molecule has 0 aliphatic rings. The number of nitriles is 1. The maximum Gasteiger partial charge on any atom is 0.145 e. The van der Waals surface area contributed by atoms with Crippen LogP contribution in [0.25, 0.3) is 0 Å². The second-order valence-corrected chi connectivity index (χ2v) is 5.14. The molecule has 21 heavy (non-hydrogen) atoms. The Balaban J connectivity index is 2.18. The number of rotatable bonds is 6. The zero-order valence-corrected chi connectivity index (χ0v) is 12.4. The van der Waals surface area contributed by atoms with Gasteiger partial charge in [0, 0.05) is 30.5 Å². The number of hydrogen-bond acceptors (Lipinski definition) is 2. The minimum Gasteiger partial charge on any atom is -0.349 e. The van der Waals surface area contributed by atoms with E-state index in [0.717, 1.165) is 12.8 Å². The lowest BCUT2D eigenvalue weighted by Crippen LogP contribution is -2.15. The van der Waals surface area contributed by atoms with Crippen molar-refractivity contribution in [2.45, 2.75) is 32.4 Å². The molecule has 0 fully saturated rings. The van der Waals surface area contributed by atoms with Crippen molar-refractivity contribution in [2.24, 2.45) is 0 Å². The molecule has 1 aromatic carbocycles. The fraction of sp³-hybridized carbons (Fsp3) is 0.353. The van der Waals surface area contributed by atoms with Crippen LogP contribution in [0, 0.1) is 17.1 Å². The van der Waals surface area contributed by atoms with Crippen molar-refractivity contribution in [2.75, 3.05) is 7.05 Å². The van der Waals surface area contributed by atoms with Gasteiger partial charge in [-0.15, -0.1) is 0 Å². The lowest BCUT2D eigenvalue weighted by atomic mass is 10.1. The summed E-state index contributed by atoms with van der Waals surface area (Å²) < 4.78 is 16.0. The summed E-state index contributed by atoms with van der Waals surface area (Å²) in [4.78, 5) is 0. The Morgan fingerprint density at radius 3 is 2.86 bits per heavy atom. The summed E-state index contributed by atoms with van der Waals surface area (Å²) in [6.45, 7) is 2.59. The predicted molar refractivity (Wildman–Crippen MR) is 81.4 cm³/mol. The molecule has 2 rings (SSSR count). The van der Waals surface area contributed by atoms with Gasteiger partial charge in [-0.25, -0.2) is 4.39 Å². The Bertz CT molecular complexity index is 640. The van der Waals surface area contributed by atoms with Gasteiger partial charge in [-0.2, -0.15) is 5.26 Å². The van der Waals surface area contributed by atoms with Crippen LogP contribution in [0.2, 0.25) is 0 Å². The van der Waals surface area contributed by atoms with Crippen molar-refractivity contribution in [3.8, 4) is 6.07 Å². The molecule has 1 aromatic heterocycles. The van der Waals surface area contributed by atoms with Gasteiger partial charge in [0.05, 0.1) is 5.56 Å². The van der Waals surface area contributed by atoms with E-state index in [1.165, 1.54) is 11.6 Å². The second-order valence-electron chi connectivity index (χ2n) is 5.14. The molecule has 0 amide bonds. The van der Waals surface area contributed by atoms with Crippen molar-refractivity contribution in [1.29, 1.82) is 5.26 Å². The van der Waals surface area contributed by atoms with E-state index in [1.807, 2.05) is 30.1 Å². The lowest BCUT2D eigenvalue weighted by molar-refractivity contribution is 0.540. The number of halogens is 1. The summed E-state index contributed by atoms with van der Waals surface area (Å²) in [7, 11) is 1.95. The summed E-state index contributed by atoms with van der Waals surface area (Å²) in [5.74, 6) is -0.422. The number of nitrogens with one attached hydrogen (secondary N) is 1. The molecular weight excluding hydrogens is 265 g/mol. The van der Waals surface area contributed by atoms with Crippen LogP contribution < -0.4 is 5.32 Å². The molecule has 3 nitrogen and oxygen atoms in total. The summed E-state index contributed by atoms with van der Waals surface area (Å²) >= 11 is 0. The van der Waals surface area contributed by atoms with Crippen LogP contribution in [0.5, 0.6) is 0 Å². The highest BCUT2D eigenvalue weighted by Gasteiger charge is 2.11. The standard InChI is InChI=1S/C17H20FN3/c1-3-5-16(20-2)14-8-9-21(11-14)12-15-7-4-6-13(10-19)17(15)18/h4,6-9,11,16,20H,3,5,12H2,1-2H3. The Morgan fingerprint density at radius 1 is 1.38 bits per heavy atom. The van der Waals surface area contributed by atoms with Gasteiger partial charge < -0.3 is 9.88 Å². The van der Waals surface area contributed by atoms with Crippen molar-refractivity contribution in [3.05, 3.63) is 59.2 Å². The highest BCUT2D eigenvalue weighted by atomic mass is 19.1. The van der Waals surface area contributed by atoms with E-state index < -0.39 is 5.82 Å². The molecule has 1 N–H and O–H groups in total. The molecule has 1 unspecified atom stereocenters. The largest absolute Gasteiger partial charge is 0.349 e. The normalized spacial score (nSPS) is 12.1. The highest BCUT2D eigenvalue weighted by Crippen LogP contribution is 2.20. The van der Waals surface area contributed by atoms with E-state index in [0.29, 0.717) is 18.2 Å². The third-order valence-corrected chi connectivity index (χ3v) is 3.65. The molecule has 0 radical (unpaired) electrons. The van der Waals surface area contributed by atoms with Crippen LogP contribution in [-0.2, 0) is 6.54 Å². The minimum absolute atomic E-state index is 0.0963. The monoisotopic (exact) mass is 285 g/mol. The molecule has 0 saturated heterocycles. The summed E-state index contributed by atoms with van der Waals surface area (Å²) in [5.41, 5.74) is 1.84. The molecule has 0 aliphatic carbocycles. The Hall–Kier alpha value is -2.12. The summed E-state index contributed by atoms with van der Waals surface area (Å²) in [6.07, 6.45) is 6.16. The third kappa shape index (κ3) is 3.50. The Kier molecular flexibility index (Phi) is 5.13. The smallest absolute Gasteiger partial charge is 0.145 e. The number of hydrogen-bond donors (Lipinski definition) is 1. The van der Waals surface area contributed by atoms with E-state index in [1.54, 1.807) is 12.1 Å². The molecule has 2 aromatic rings.